The van der Waals surface area contributed by atoms with E-state index in [-0.39, 0.29) is 30.8 Å². The van der Waals surface area contributed by atoms with Crippen molar-refractivity contribution in [3.05, 3.63) is 34.9 Å². The first-order chi connectivity index (χ1) is 11.6. The number of nitrogens with one attached hydrogen (secondary N) is 1. The Balaban J connectivity index is 2.14. The Morgan fingerprint density at radius 2 is 2.25 bits per heavy atom. The number of amides is 2. The minimum atomic E-state index is -1.12. The van der Waals surface area contributed by atoms with Crippen LogP contribution in [-0.4, -0.2) is 47.5 Å². The molecule has 0 bridgehead atoms. The third-order valence-electron chi connectivity index (χ3n) is 4.32. The summed E-state index contributed by atoms with van der Waals surface area (Å²) in [6.07, 6.45) is 1.65. The molecular weight excluding hydrogens is 330 g/mol. The predicted octanol–water partition coefficient (Wildman–Crippen LogP) is 2.31. The van der Waals surface area contributed by atoms with Gasteiger partial charge < -0.3 is 15.3 Å². The maximum Gasteiger partial charge on any atom is 0.404 e. The molecule has 0 aromatic heterocycles. The van der Waals surface area contributed by atoms with Crippen LogP contribution < -0.4 is 5.32 Å². The molecule has 1 unspecified atom stereocenters. The maximum absolute atomic E-state index is 12.1. The van der Waals surface area contributed by atoms with Crippen LogP contribution in [0.25, 0.3) is 0 Å². The van der Waals surface area contributed by atoms with Crippen molar-refractivity contribution in [2.24, 2.45) is 0 Å². The molecule has 0 spiro atoms. The average Bonchev–Trinajstić information content (AvgIpc) is 2.59. The number of carbonyl (C=O) groups excluding carboxylic acids is 1. The maximum atomic E-state index is 12.1. The lowest BCUT2D eigenvalue weighted by molar-refractivity contribution is -0.128. The van der Waals surface area contributed by atoms with E-state index in [0.717, 1.165) is 30.4 Å². The van der Waals surface area contributed by atoms with Crippen LogP contribution >= 0.6 is 11.6 Å². The van der Waals surface area contributed by atoms with Crippen LogP contribution in [0.4, 0.5) is 4.79 Å². The molecule has 1 aromatic rings. The van der Waals surface area contributed by atoms with Crippen LogP contribution in [0.1, 0.15) is 35.4 Å². The number of alkyl halides is 1. The van der Waals surface area contributed by atoms with Gasteiger partial charge in [0.1, 0.15) is 5.88 Å². The van der Waals surface area contributed by atoms with Gasteiger partial charge in [0.15, 0.2) is 0 Å². The van der Waals surface area contributed by atoms with Gasteiger partial charge in [0, 0.05) is 25.6 Å². The fourth-order valence-electron chi connectivity index (χ4n) is 3.21. The zero-order valence-corrected chi connectivity index (χ0v) is 14.1. The Hall–Kier alpha value is -2.26. The molecule has 2 amide bonds. The molecule has 0 heterocycles. The number of nitrogens with zero attached hydrogens (tertiary/aromatic N) is 2. The lowest BCUT2D eigenvalue weighted by atomic mass is 9.80. The Bertz CT molecular complexity index is 657. The Morgan fingerprint density at radius 3 is 2.92 bits per heavy atom. The standard InChI is InChI=1S/C17H20ClN3O3/c18-9-16(22)21(8-7-20-17(23)24)11-13-4-2-5-14-12(10-19)3-1-6-15(13)14/h1,3,6,13,20H,2,4-5,7-9,11H2,(H,23,24). The van der Waals surface area contributed by atoms with Gasteiger partial charge in [-0.25, -0.2) is 4.79 Å². The van der Waals surface area contributed by atoms with Gasteiger partial charge in [-0.1, -0.05) is 12.1 Å². The van der Waals surface area contributed by atoms with Crippen molar-refractivity contribution < 1.29 is 14.7 Å². The lowest BCUT2D eigenvalue weighted by Gasteiger charge is -2.31. The van der Waals surface area contributed by atoms with E-state index < -0.39 is 6.09 Å². The molecule has 6 nitrogen and oxygen atoms in total. The van der Waals surface area contributed by atoms with Crippen LogP contribution in [0.15, 0.2) is 18.2 Å². The molecule has 1 aliphatic rings. The van der Waals surface area contributed by atoms with Crippen LogP contribution in [0.3, 0.4) is 0 Å². The summed E-state index contributed by atoms with van der Waals surface area (Å²) < 4.78 is 0. The largest absolute Gasteiger partial charge is 0.465 e. The lowest BCUT2D eigenvalue weighted by Crippen LogP contribution is -2.41. The summed E-state index contributed by atoms with van der Waals surface area (Å²) in [6, 6.07) is 7.94. The van der Waals surface area contributed by atoms with Crippen LogP contribution in [0.2, 0.25) is 0 Å². The van der Waals surface area contributed by atoms with Crippen LogP contribution in [0, 0.1) is 11.3 Å². The molecule has 24 heavy (non-hydrogen) atoms. The molecule has 2 N–H and O–H groups in total. The van der Waals surface area contributed by atoms with E-state index in [1.165, 1.54) is 0 Å². The van der Waals surface area contributed by atoms with Gasteiger partial charge in [-0.3, -0.25) is 4.79 Å². The predicted molar refractivity (Wildman–Crippen MR) is 90.2 cm³/mol. The Morgan fingerprint density at radius 1 is 1.46 bits per heavy atom. The van der Waals surface area contributed by atoms with Gasteiger partial charge >= 0.3 is 6.09 Å². The first kappa shape index (κ1) is 18.1. The van der Waals surface area contributed by atoms with Crippen molar-refractivity contribution in [1.29, 1.82) is 5.26 Å². The SMILES string of the molecule is N#Cc1cccc2c1CCCC2CN(CCNC(=O)O)C(=O)CCl. The summed E-state index contributed by atoms with van der Waals surface area (Å²) >= 11 is 5.68. The van der Waals surface area contributed by atoms with E-state index in [1.54, 1.807) is 4.90 Å². The molecule has 0 radical (unpaired) electrons. The topological polar surface area (TPSA) is 93.4 Å². The summed E-state index contributed by atoms with van der Waals surface area (Å²) in [5, 5.41) is 20.2. The van der Waals surface area contributed by atoms with E-state index in [2.05, 4.69) is 11.4 Å². The minimum Gasteiger partial charge on any atom is -0.465 e. The Kier molecular flexibility index (Phi) is 6.44. The first-order valence-electron chi connectivity index (χ1n) is 7.89. The summed E-state index contributed by atoms with van der Waals surface area (Å²) in [5.41, 5.74) is 2.87. The summed E-state index contributed by atoms with van der Waals surface area (Å²) in [4.78, 5) is 24.2. The molecule has 128 valence electrons. The molecule has 0 aliphatic heterocycles. The van der Waals surface area contributed by atoms with Gasteiger partial charge in [0.25, 0.3) is 0 Å². The van der Waals surface area contributed by atoms with Gasteiger partial charge in [-0.15, -0.1) is 11.6 Å². The number of hydrogen-bond donors (Lipinski definition) is 2. The van der Waals surface area contributed by atoms with Gasteiger partial charge in [0.2, 0.25) is 5.91 Å². The average molecular weight is 350 g/mol. The van der Waals surface area contributed by atoms with E-state index in [0.29, 0.717) is 12.1 Å². The van der Waals surface area contributed by atoms with Crippen molar-refractivity contribution in [2.45, 2.75) is 25.2 Å². The van der Waals surface area contributed by atoms with Gasteiger partial charge in [0.05, 0.1) is 11.6 Å². The molecule has 2 rings (SSSR count). The number of rotatable bonds is 6. The number of hydrogen-bond acceptors (Lipinski definition) is 3. The van der Waals surface area contributed by atoms with Crippen molar-refractivity contribution >= 4 is 23.6 Å². The summed E-state index contributed by atoms with van der Waals surface area (Å²) in [6.45, 7) is 0.923. The second-order valence-electron chi connectivity index (χ2n) is 5.78. The summed E-state index contributed by atoms with van der Waals surface area (Å²) in [7, 11) is 0. The highest BCUT2D eigenvalue weighted by Gasteiger charge is 2.25. The third-order valence-corrected chi connectivity index (χ3v) is 4.55. The number of nitriles is 1. The number of benzene rings is 1. The third kappa shape index (κ3) is 4.39. The van der Waals surface area contributed by atoms with Crippen LogP contribution in [-0.2, 0) is 11.2 Å². The van der Waals surface area contributed by atoms with Gasteiger partial charge in [-0.2, -0.15) is 5.26 Å². The molecule has 0 saturated carbocycles. The van der Waals surface area contributed by atoms with E-state index in [1.807, 2.05) is 18.2 Å². The van der Waals surface area contributed by atoms with Gasteiger partial charge in [-0.05, 0) is 36.5 Å². The fraction of sp³-hybridized carbons (Fsp3) is 0.471. The van der Waals surface area contributed by atoms with Crippen molar-refractivity contribution in [2.75, 3.05) is 25.5 Å². The molecule has 7 heteroatoms. The smallest absolute Gasteiger partial charge is 0.404 e. The Labute approximate surface area is 146 Å². The number of halogens is 1. The zero-order chi connectivity index (χ0) is 17.5. The van der Waals surface area contributed by atoms with Crippen molar-refractivity contribution in [3.8, 4) is 6.07 Å². The molecule has 1 atom stereocenters. The fourth-order valence-corrected chi connectivity index (χ4v) is 3.38. The quantitative estimate of drug-likeness (QED) is 0.771. The molecule has 1 aliphatic carbocycles. The second-order valence-corrected chi connectivity index (χ2v) is 6.05. The number of carboxylic acid groups (broad SMARTS) is 1. The van der Waals surface area contributed by atoms with E-state index >= 15 is 0 Å². The van der Waals surface area contributed by atoms with Crippen molar-refractivity contribution in [1.82, 2.24) is 10.2 Å². The summed E-state index contributed by atoms with van der Waals surface area (Å²) in [5.74, 6) is -0.211. The highest BCUT2D eigenvalue weighted by Crippen LogP contribution is 2.34. The molecular formula is C17H20ClN3O3. The normalized spacial score (nSPS) is 15.9. The highest BCUT2D eigenvalue weighted by atomic mass is 35.5. The molecule has 0 saturated heterocycles. The number of carbonyl (C=O) groups is 2. The van der Waals surface area contributed by atoms with Crippen molar-refractivity contribution in [3.63, 3.8) is 0 Å². The minimum absolute atomic E-state index is 0.134. The van der Waals surface area contributed by atoms with Crippen LogP contribution in [0.5, 0.6) is 0 Å². The van der Waals surface area contributed by atoms with E-state index in [9.17, 15) is 14.9 Å². The molecule has 0 fully saturated rings. The first-order valence-corrected chi connectivity index (χ1v) is 8.42. The zero-order valence-electron chi connectivity index (χ0n) is 13.3. The second kappa shape index (κ2) is 8.55. The van der Waals surface area contributed by atoms with E-state index in [4.69, 9.17) is 16.7 Å². The highest BCUT2D eigenvalue weighted by molar-refractivity contribution is 6.27. The monoisotopic (exact) mass is 349 g/mol. The number of fused-ring (bicyclic) bond motifs is 1. The molecule has 1 aromatic carbocycles.